The molecule has 5 heteroatoms. The molecular formula is C22H23ClO4. The number of aryl methyl sites for hydroxylation is 1. The molecule has 0 amide bonds. The Kier molecular flexibility index (Phi) is 4.55. The molecule has 0 saturated carbocycles. The molecule has 0 fully saturated rings. The molecule has 1 heterocycles. The Labute approximate surface area is 164 Å². The molecule has 2 aromatic rings. The van der Waals surface area contributed by atoms with Crippen LogP contribution in [0.2, 0.25) is 5.02 Å². The van der Waals surface area contributed by atoms with E-state index >= 15 is 0 Å². The standard InChI is InChI=1S/C22H23ClO4/c1-22(2)11-15-7-17(23)8-16(21(15)27-22)12-26-18-5-6-19-13(9-18)3-4-14(19)10-20(24)25/h5-9,14H,3-4,10-12H2,1-2H3,(H,24,25)/t14-/m1/s1. The highest BCUT2D eigenvalue weighted by Crippen LogP contribution is 2.41. The highest BCUT2D eigenvalue weighted by atomic mass is 35.5. The molecule has 0 radical (unpaired) electrons. The number of rotatable bonds is 5. The Balaban J connectivity index is 1.50. The van der Waals surface area contributed by atoms with Crippen molar-refractivity contribution in [2.24, 2.45) is 0 Å². The molecule has 0 spiro atoms. The van der Waals surface area contributed by atoms with Gasteiger partial charge >= 0.3 is 5.97 Å². The van der Waals surface area contributed by atoms with Crippen LogP contribution in [-0.4, -0.2) is 16.7 Å². The van der Waals surface area contributed by atoms with E-state index in [1.165, 1.54) is 5.56 Å². The van der Waals surface area contributed by atoms with Crippen LogP contribution in [0.1, 0.15) is 54.9 Å². The minimum Gasteiger partial charge on any atom is -0.489 e. The third-order valence-corrected chi connectivity index (χ3v) is 5.55. The van der Waals surface area contributed by atoms with Gasteiger partial charge in [-0.1, -0.05) is 17.7 Å². The molecule has 1 N–H and O–H groups in total. The van der Waals surface area contributed by atoms with Crippen LogP contribution in [0.25, 0.3) is 0 Å². The monoisotopic (exact) mass is 386 g/mol. The summed E-state index contributed by atoms with van der Waals surface area (Å²) in [5, 5.41) is 9.75. The van der Waals surface area contributed by atoms with E-state index in [0.29, 0.717) is 11.6 Å². The number of carboxylic acids is 1. The zero-order valence-corrected chi connectivity index (χ0v) is 16.3. The largest absolute Gasteiger partial charge is 0.489 e. The number of halogens is 1. The van der Waals surface area contributed by atoms with Gasteiger partial charge in [0.05, 0.1) is 6.42 Å². The van der Waals surface area contributed by atoms with Crippen molar-refractivity contribution in [3.63, 3.8) is 0 Å². The van der Waals surface area contributed by atoms with Crippen LogP contribution in [0.3, 0.4) is 0 Å². The van der Waals surface area contributed by atoms with Crippen molar-refractivity contribution in [1.29, 1.82) is 0 Å². The number of hydrogen-bond acceptors (Lipinski definition) is 3. The summed E-state index contributed by atoms with van der Waals surface area (Å²) >= 11 is 6.28. The molecule has 0 bridgehead atoms. The summed E-state index contributed by atoms with van der Waals surface area (Å²) in [5.41, 5.74) is 4.17. The molecule has 0 saturated heterocycles. The third kappa shape index (κ3) is 3.77. The normalized spacial score (nSPS) is 19.3. The van der Waals surface area contributed by atoms with Crippen LogP contribution in [0, 0.1) is 0 Å². The topological polar surface area (TPSA) is 55.8 Å². The van der Waals surface area contributed by atoms with E-state index in [1.54, 1.807) is 0 Å². The number of aliphatic carboxylic acids is 1. The number of fused-ring (bicyclic) bond motifs is 2. The predicted molar refractivity (Wildman–Crippen MR) is 104 cm³/mol. The first kappa shape index (κ1) is 18.2. The van der Waals surface area contributed by atoms with Gasteiger partial charge in [0.1, 0.15) is 23.7 Å². The summed E-state index contributed by atoms with van der Waals surface area (Å²) in [7, 11) is 0. The van der Waals surface area contributed by atoms with Gasteiger partial charge in [-0.3, -0.25) is 4.79 Å². The molecule has 4 rings (SSSR count). The Bertz CT molecular complexity index is 903. The molecule has 1 aliphatic heterocycles. The maximum atomic E-state index is 11.0. The average Bonchev–Trinajstić information content (AvgIpc) is 3.11. The van der Waals surface area contributed by atoms with Crippen LogP contribution in [0.4, 0.5) is 0 Å². The van der Waals surface area contributed by atoms with Gasteiger partial charge in [0, 0.05) is 17.0 Å². The Morgan fingerprint density at radius 3 is 2.89 bits per heavy atom. The molecule has 2 aliphatic rings. The van der Waals surface area contributed by atoms with Crippen molar-refractivity contribution in [1.82, 2.24) is 0 Å². The summed E-state index contributed by atoms with van der Waals surface area (Å²) in [4.78, 5) is 11.0. The van der Waals surface area contributed by atoms with Crippen molar-refractivity contribution in [2.45, 2.75) is 57.7 Å². The predicted octanol–water partition coefficient (Wildman–Crippen LogP) is 5.14. The SMILES string of the molecule is CC1(C)Cc2cc(Cl)cc(COc3ccc4c(c3)CC[C@@H]4CC(=O)O)c2O1. The van der Waals surface area contributed by atoms with Crippen molar-refractivity contribution < 1.29 is 19.4 Å². The Morgan fingerprint density at radius 1 is 1.30 bits per heavy atom. The fourth-order valence-corrected chi connectivity index (χ4v) is 4.47. The van der Waals surface area contributed by atoms with Gasteiger partial charge in [0.2, 0.25) is 0 Å². The smallest absolute Gasteiger partial charge is 0.303 e. The van der Waals surface area contributed by atoms with Gasteiger partial charge in [-0.2, -0.15) is 0 Å². The summed E-state index contributed by atoms with van der Waals surface area (Å²) < 4.78 is 12.1. The van der Waals surface area contributed by atoms with E-state index in [9.17, 15) is 4.79 Å². The molecule has 4 nitrogen and oxygen atoms in total. The van der Waals surface area contributed by atoms with Crippen LogP contribution < -0.4 is 9.47 Å². The van der Waals surface area contributed by atoms with Gasteiger partial charge in [0.25, 0.3) is 0 Å². The zero-order chi connectivity index (χ0) is 19.2. The first-order valence-corrected chi connectivity index (χ1v) is 9.66. The second kappa shape index (κ2) is 6.75. The molecule has 0 aromatic heterocycles. The van der Waals surface area contributed by atoms with E-state index < -0.39 is 5.97 Å². The summed E-state index contributed by atoms with van der Waals surface area (Å²) in [6.45, 7) is 4.52. The fourth-order valence-electron chi connectivity index (χ4n) is 4.21. The molecule has 0 unspecified atom stereocenters. The van der Waals surface area contributed by atoms with Gasteiger partial charge in [-0.15, -0.1) is 0 Å². The van der Waals surface area contributed by atoms with Crippen LogP contribution in [0.15, 0.2) is 30.3 Å². The maximum Gasteiger partial charge on any atom is 0.303 e. The lowest BCUT2D eigenvalue weighted by Crippen LogP contribution is -2.25. The fraction of sp³-hybridized carbons (Fsp3) is 0.409. The minimum absolute atomic E-state index is 0.110. The number of hydrogen-bond donors (Lipinski definition) is 1. The van der Waals surface area contributed by atoms with Gasteiger partial charge in [0.15, 0.2) is 0 Å². The molecule has 1 aliphatic carbocycles. The van der Waals surface area contributed by atoms with Crippen molar-refractivity contribution in [3.05, 3.63) is 57.6 Å². The highest BCUT2D eigenvalue weighted by molar-refractivity contribution is 6.30. The minimum atomic E-state index is -0.745. The second-order valence-electron chi connectivity index (χ2n) is 8.07. The summed E-state index contributed by atoms with van der Waals surface area (Å²) in [5.74, 6) is 1.03. The van der Waals surface area contributed by atoms with Gasteiger partial charge in [-0.25, -0.2) is 0 Å². The maximum absolute atomic E-state index is 11.0. The lowest BCUT2D eigenvalue weighted by molar-refractivity contribution is -0.137. The van der Waals surface area contributed by atoms with E-state index in [1.807, 2.05) is 30.3 Å². The van der Waals surface area contributed by atoms with Crippen LogP contribution >= 0.6 is 11.6 Å². The number of ether oxygens (including phenoxy) is 2. The highest BCUT2D eigenvalue weighted by Gasteiger charge is 2.32. The number of benzene rings is 2. The molecule has 1 atom stereocenters. The van der Waals surface area contributed by atoms with E-state index in [0.717, 1.165) is 47.5 Å². The first-order valence-electron chi connectivity index (χ1n) is 9.28. The van der Waals surface area contributed by atoms with Crippen LogP contribution in [0.5, 0.6) is 11.5 Å². The van der Waals surface area contributed by atoms with Crippen molar-refractivity contribution in [2.75, 3.05) is 0 Å². The zero-order valence-electron chi connectivity index (χ0n) is 15.5. The lowest BCUT2D eigenvalue weighted by atomic mass is 9.98. The number of carboxylic acid groups (broad SMARTS) is 1. The summed E-state index contributed by atoms with van der Waals surface area (Å²) in [6, 6.07) is 9.83. The molecule has 142 valence electrons. The van der Waals surface area contributed by atoms with Crippen LogP contribution in [-0.2, 0) is 24.2 Å². The lowest BCUT2D eigenvalue weighted by Gasteiger charge is -2.18. The van der Waals surface area contributed by atoms with E-state index in [4.69, 9.17) is 26.2 Å². The summed E-state index contributed by atoms with van der Waals surface area (Å²) in [6.07, 6.45) is 2.80. The third-order valence-electron chi connectivity index (χ3n) is 5.33. The van der Waals surface area contributed by atoms with Gasteiger partial charge in [-0.05, 0) is 73.6 Å². The first-order chi connectivity index (χ1) is 12.8. The van der Waals surface area contributed by atoms with Crippen molar-refractivity contribution >= 4 is 17.6 Å². The molecule has 27 heavy (non-hydrogen) atoms. The van der Waals surface area contributed by atoms with E-state index in [2.05, 4.69) is 13.8 Å². The Hall–Kier alpha value is -2.20. The number of carbonyl (C=O) groups is 1. The van der Waals surface area contributed by atoms with Crippen molar-refractivity contribution in [3.8, 4) is 11.5 Å². The average molecular weight is 387 g/mol. The quantitative estimate of drug-likeness (QED) is 0.773. The Morgan fingerprint density at radius 2 is 2.11 bits per heavy atom. The molecule has 2 aromatic carbocycles. The van der Waals surface area contributed by atoms with E-state index in [-0.39, 0.29) is 17.9 Å². The van der Waals surface area contributed by atoms with Gasteiger partial charge < -0.3 is 14.6 Å². The second-order valence-corrected chi connectivity index (χ2v) is 8.51. The molecular weight excluding hydrogens is 364 g/mol.